The third kappa shape index (κ3) is 3.11. The lowest BCUT2D eigenvalue weighted by Gasteiger charge is -2.21. The van der Waals surface area contributed by atoms with Crippen molar-refractivity contribution in [2.24, 2.45) is 5.41 Å². The molecule has 0 amide bonds. The second-order valence-electron chi connectivity index (χ2n) is 4.41. The molecule has 1 aliphatic rings. The summed E-state index contributed by atoms with van der Waals surface area (Å²) in [5.74, 6) is 12.3. The summed E-state index contributed by atoms with van der Waals surface area (Å²) in [5.41, 5.74) is 1.90. The normalized spacial score (nSPS) is 15.6. The minimum atomic E-state index is -0.459. The smallest absolute Gasteiger partial charge is 0.104 e. The lowest BCUT2D eigenvalue weighted by molar-refractivity contribution is 0.875. The number of hydrogen-bond acceptors (Lipinski definition) is 0. The van der Waals surface area contributed by atoms with Crippen molar-refractivity contribution < 1.29 is 0 Å². The molecule has 0 aromatic heterocycles. The summed E-state index contributed by atoms with van der Waals surface area (Å²) in [4.78, 5) is 0. The minimum absolute atomic E-state index is 0.459. The summed E-state index contributed by atoms with van der Waals surface area (Å²) in [6.07, 6.45) is 7.24. The van der Waals surface area contributed by atoms with E-state index in [1.54, 1.807) is 0 Å². The molecule has 0 fully saturated rings. The second-order valence-corrected chi connectivity index (χ2v) is 4.84. The van der Waals surface area contributed by atoms with Crippen molar-refractivity contribution in [1.82, 2.24) is 0 Å². The van der Waals surface area contributed by atoms with Gasteiger partial charge in [0.05, 0.1) is 0 Å². The molecule has 2 rings (SSSR count). The van der Waals surface area contributed by atoms with Gasteiger partial charge in [-0.05, 0) is 49.6 Å². The number of halogens is 1. The molecule has 0 nitrogen and oxygen atoms in total. The number of rotatable bonds is 1. The van der Waals surface area contributed by atoms with Crippen LogP contribution in [0.3, 0.4) is 0 Å². The molecule has 0 spiro atoms. The Morgan fingerprint density at radius 1 is 1.16 bits per heavy atom. The van der Waals surface area contributed by atoms with Gasteiger partial charge in [0.25, 0.3) is 0 Å². The maximum atomic E-state index is 6.06. The van der Waals surface area contributed by atoms with Crippen molar-refractivity contribution in [2.45, 2.75) is 20.3 Å². The Morgan fingerprint density at radius 3 is 2.53 bits per heavy atom. The van der Waals surface area contributed by atoms with E-state index in [1.165, 1.54) is 5.57 Å². The summed E-state index contributed by atoms with van der Waals surface area (Å²) in [6, 6.07) is 7.90. The van der Waals surface area contributed by atoms with E-state index in [0.29, 0.717) is 0 Å². The Kier molecular flexibility index (Phi) is 4.16. The third-order valence-electron chi connectivity index (χ3n) is 2.98. The van der Waals surface area contributed by atoms with Gasteiger partial charge in [0.15, 0.2) is 0 Å². The molecule has 0 saturated heterocycles. The zero-order valence-electron chi connectivity index (χ0n) is 11.1. The molecule has 0 aliphatic heterocycles. The molecule has 1 heteroatoms. The Balaban J connectivity index is 2.49. The van der Waals surface area contributed by atoms with E-state index in [1.807, 2.05) is 32.0 Å². The van der Waals surface area contributed by atoms with Crippen LogP contribution in [0.5, 0.6) is 0 Å². The van der Waals surface area contributed by atoms with Gasteiger partial charge < -0.3 is 0 Å². The van der Waals surface area contributed by atoms with E-state index in [0.717, 1.165) is 17.0 Å². The van der Waals surface area contributed by atoms with Crippen LogP contribution in [0.4, 0.5) is 0 Å². The van der Waals surface area contributed by atoms with Gasteiger partial charge in [-0.1, -0.05) is 47.7 Å². The highest BCUT2D eigenvalue weighted by Crippen LogP contribution is 2.33. The molecule has 0 heterocycles. The van der Waals surface area contributed by atoms with Crippen molar-refractivity contribution in [3.63, 3.8) is 0 Å². The van der Waals surface area contributed by atoms with E-state index in [4.69, 9.17) is 11.6 Å². The second kappa shape index (κ2) is 5.83. The molecule has 19 heavy (non-hydrogen) atoms. The van der Waals surface area contributed by atoms with Crippen molar-refractivity contribution in [2.75, 3.05) is 0 Å². The maximum absolute atomic E-state index is 6.06. The van der Waals surface area contributed by atoms with Gasteiger partial charge in [-0.15, -0.1) is 11.8 Å². The quantitative estimate of drug-likeness (QED) is 0.510. The van der Waals surface area contributed by atoms with Crippen LogP contribution in [-0.4, -0.2) is 0 Å². The van der Waals surface area contributed by atoms with E-state index in [2.05, 4.69) is 48.0 Å². The number of allylic oxidation sites excluding steroid dienone is 4. The molecule has 0 saturated carbocycles. The molecule has 1 aliphatic carbocycles. The van der Waals surface area contributed by atoms with Gasteiger partial charge in [0.2, 0.25) is 0 Å². The Morgan fingerprint density at radius 2 is 1.89 bits per heavy atom. The number of hydrogen-bond donors (Lipinski definition) is 0. The van der Waals surface area contributed by atoms with Crippen molar-refractivity contribution in [1.29, 1.82) is 0 Å². The van der Waals surface area contributed by atoms with Crippen LogP contribution in [0.15, 0.2) is 42.5 Å². The molecule has 1 aromatic carbocycles. The summed E-state index contributed by atoms with van der Waals surface area (Å²) in [6.45, 7) is 3.68. The van der Waals surface area contributed by atoms with Crippen molar-refractivity contribution in [3.05, 3.63) is 53.1 Å². The largest absolute Gasteiger partial charge is 0.128 e. The van der Waals surface area contributed by atoms with Crippen LogP contribution in [-0.2, 0) is 0 Å². The van der Waals surface area contributed by atoms with Gasteiger partial charge in [0.1, 0.15) is 5.41 Å². The first-order valence-corrected chi connectivity index (χ1v) is 6.60. The molecule has 1 aromatic rings. The van der Waals surface area contributed by atoms with Crippen LogP contribution < -0.4 is 0 Å². The van der Waals surface area contributed by atoms with Gasteiger partial charge in [-0.3, -0.25) is 0 Å². The average molecular weight is 267 g/mol. The SMILES string of the molecule is CC#CC1(C#CC)C=CCC(c2cccc(Cl)c2)=C1. The van der Waals surface area contributed by atoms with Gasteiger partial charge in [0, 0.05) is 5.02 Å². The molecule has 0 atom stereocenters. The fraction of sp³-hybridized carbons (Fsp3) is 0.222. The Bertz CT molecular complexity index is 634. The van der Waals surface area contributed by atoms with Gasteiger partial charge >= 0.3 is 0 Å². The average Bonchev–Trinajstić information content (AvgIpc) is 2.39. The molecule has 0 radical (unpaired) electrons. The molecule has 0 unspecified atom stereocenters. The standard InChI is InChI=1S/C18H15Cl/c1-3-10-18(11-4-2)12-6-8-16(14-18)15-7-5-9-17(19)13-15/h5-7,9,12-14H,8H2,1-2H3. The summed E-state index contributed by atoms with van der Waals surface area (Å²) in [7, 11) is 0. The van der Waals surface area contributed by atoms with E-state index in [9.17, 15) is 0 Å². The zero-order chi connectivity index (χ0) is 13.7. The fourth-order valence-electron chi connectivity index (χ4n) is 2.24. The first-order chi connectivity index (χ1) is 9.19. The fourth-order valence-corrected chi connectivity index (χ4v) is 2.43. The van der Waals surface area contributed by atoms with Crippen LogP contribution in [0, 0.1) is 29.1 Å². The predicted octanol–water partition coefficient (Wildman–Crippen LogP) is 4.72. The summed E-state index contributed by atoms with van der Waals surface area (Å²) >= 11 is 6.06. The van der Waals surface area contributed by atoms with Crippen LogP contribution in [0.2, 0.25) is 5.02 Å². The highest BCUT2D eigenvalue weighted by atomic mass is 35.5. The Hall–Kier alpha value is -1.89. The van der Waals surface area contributed by atoms with Crippen molar-refractivity contribution >= 4 is 17.2 Å². The zero-order valence-corrected chi connectivity index (χ0v) is 11.9. The molecule has 94 valence electrons. The molecule has 0 N–H and O–H groups in total. The molecular weight excluding hydrogens is 252 g/mol. The van der Waals surface area contributed by atoms with Crippen molar-refractivity contribution in [3.8, 4) is 23.7 Å². The Labute approximate surface area is 120 Å². The highest BCUT2D eigenvalue weighted by molar-refractivity contribution is 6.30. The molecular formula is C18H15Cl. The maximum Gasteiger partial charge on any atom is 0.128 e. The lowest BCUT2D eigenvalue weighted by atomic mass is 9.80. The number of benzene rings is 1. The first kappa shape index (κ1) is 13.5. The monoisotopic (exact) mass is 266 g/mol. The van der Waals surface area contributed by atoms with Gasteiger partial charge in [-0.2, -0.15) is 0 Å². The van der Waals surface area contributed by atoms with E-state index < -0.39 is 5.41 Å². The first-order valence-electron chi connectivity index (χ1n) is 6.22. The van der Waals surface area contributed by atoms with Gasteiger partial charge in [-0.25, -0.2) is 0 Å². The predicted molar refractivity (Wildman–Crippen MR) is 82.5 cm³/mol. The topological polar surface area (TPSA) is 0 Å². The third-order valence-corrected chi connectivity index (χ3v) is 3.21. The molecule has 0 bridgehead atoms. The van der Waals surface area contributed by atoms with Crippen LogP contribution >= 0.6 is 11.6 Å². The summed E-state index contributed by atoms with van der Waals surface area (Å²) < 4.78 is 0. The summed E-state index contributed by atoms with van der Waals surface area (Å²) in [5, 5.41) is 0.752. The van der Waals surface area contributed by atoms with E-state index >= 15 is 0 Å². The lowest BCUT2D eigenvalue weighted by Crippen LogP contribution is -2.13. The highest BCUT2D eigenvalue weighted by Gasteiger charge is 2.23. The van der Waals surface area contributed by atoms with E-state index in [-0.39, 0.29) is 0 Å². The van der Waals surface area contributed by atoms with Crippen LogP contribution in [0.1, 0.15) is 25.8 Å². The van der Waals surface area contributed by atoms with Crippen LogP contribution in [0.25, 0.3) is 5.57 Å². The minimum Gasteiger partial charge on any atom is -0.104 e.